The summed E-state index contributed by atoms with van der Waals surface area (Å²) >= 11 is -1.02. The van der Waals surface area contributed by atoms with Gasteiger partial charge in [0.15, 0.2) is 21.2 Å². The number of benzene rings is 2. The molecule has 0 aliphatic carbocycles. The number of rotatable bonds is 2. The van der Waals surface area contributed by atoms with E-state index in [2.05, 4.69) is 12.1 Å². The Hall–Kier alpha value is -1.03. The van der Waals surface area contributed by atoms with Crippen molar-refractivity contribution in [1.29, 1.82) is 0 Å². The second-order valence-corrected chi connectivity index (χ2v) is 4.64. The summed E-state index contributed by atoms with van der Waals surface area (Å²) in [5, 5.41) is 0. The fourth-order valence-electron chi connectivity index (χ4n) is 1.32. The molecular formula is C12H9IO. The van der Waals surface area contributed by atoms with E-state index in [4.69, 9.17) is 0 Å². The van der Waals surface area contributed by atoms with Gasteiger partial charge in [0.05, 0.1) is 0 Å². The van der Waals surface area contributed by atoms with Crippen LogP contribution in [-0.4, -0.2) is 0 Å². The third kappa shape index (κ3) is 2.07. The molecule has 0 aliphatic rings. The Morgan fingerprint density at radius 2 is 1.29 bits per heavy atom. The van der Waals surface area contributed by atoms with Crippen LogP contribution in [0.15, 0.2) is 54.6 Å². The molecule has 70 valence electrons. The van der Waals surface area contributed by atoms with Crippen LogP contribution in [0.3, 0.4) is 0 Å². The molecule has 0 saturated carbocycles. The van der Waals surface area contributed by atoms with Crippen molar-refractivity contribution in [3.63, 3.8) is 0 Å². The zero-order valence-electron chi connectivity index (χ0n) is 7.48. The minimum absolute atomic E-state index is 0.948. The van der Waals surface area contributed by atoms with Gasteiger partial charge in [-0.15, -0.1) is 0 Å². The average Bonchev–Trinajstić information content (AvgIpc) is 2.30. The summed E-state index contributed by atoms with van der Waals surface area (Å²) in [4.78, 5) is 0. The Labute approximate surface area is 93.4 Å². The van der Waals surface area contributed by atoms with Crippen molar-refractivity contribution in [3.05, 3.63) is 58.2 Å². The first-order valence-electron chi connectivity index (χ1n) is 4.33. The Morgan fingerprint density at radius 3 is 1.86 bits per heavy atom. The summed E-state index contributed by atoms with van der Waals surface area (Å²) in [6.45, 7) is 0. The molecule has 2 rings (SSSR count). The standard InChI is InChI=1S/C12H9IO/c14-13-12-8-6-11(7-9-12)10-4-2-1-3-5-10/h1-9H. The Kier molecular flexibility index (Phi) is 3.03. The first-order valence-corrected chi connectivity index (χ1v) is 6.28. The fourth-order valence-corrected chi connectivity index (χ4v) is 1.98. The molecule has 1 nitrogen and oxygen atoms in total. The third-order valence-corrected chi connectivity index (χ3v) is 3.27. The summed E-state index contributed by atoms with van der Waals surface area (Å²) in [6.07, 6.45) is 0. The van der Waals surface area contributed by atoms with Crippen molar-refractivity contribution in [3.8, 4) is 11.1 Å². The van der Waals surface area contributed by atoms with Crippen LogP contribution in [0.4, 0.5) is 0 Å². The Balaban J connectivity index is 2.39. The van der Waals surface area contributed by atoms with Gasteiger partial charge in [-0.25, -0.2) is 0 Å². The van der Waals surface area contributed by atoms with Crippen LogP contribution in [0.2, 0.25) is 0 Å². The summed E-state index contributed by atoms with van der Waals surface area (Å²) in [7, 11) is 0. The van der Waals surface area contributed by atoms with E-state index in [0.29, 0.717) is 0 Å². The molecule has 0 bridgehead atoms. The average molecular weight is 296 g/mol. The smallest absolute Gasteiger partial charge is 0.182 e. The number of halogens is 1. The molecule has 0 fully saturated rings. The molecule has 0 radical (unpaired) electrons. The van der Waals surface area contributed by atoms with E-state index in [1.54, 1.807) is 0 Å². The maximum Gasteiger partial charge on any atom is 0.182 e. The highest BCUT2D eigenvalue weighted by atomic mass is 127. The van der Waals surface area contributed by atoms with E-state index in [1.807, 2.05) is 42.5 Å². The highest BCUT2D eigenvalue weighted by Gasteiger charge is 1.96. The molecule has 2 heteroatoms. The normalized spacial score (nSPS) is 10.0. The molecular weight excluding hydrogens is 287 g/mol. The largest absolute Gasteiger partial charge is 0.265 e. The molecule has 0 atom stereocenters. The van der Waals surface area contributed by atoms with Gasteiger partial charge in [0.1, 0.15) is 0 Å². The zero-order valence-corrected chi connectivity index (χ0v) is 9.64. The molecule has 0 unspecified atom stereocenters. The highest BCUT2D eigenvalue weighted by Crippen LogP contribution is 2.20. The molecule has 0 aliphatic heterocycles. The first kappa shape index (κ1) is 9.52. The molecule has 0 spiro atoms. The molecule has 0 saturated heterocycles. The van der Waals surface area contributed by atoms with E-state index in [-0.39, 0.29) is 0 Å². The van der Waals surface area contributed by atoms with Gasteiger partial charge in [-0.1, -0.05) is 42.5 Å². The van der Waals surface area contributed by atoms with Crippen molar-refractivity contribution >= 4 is 21.2 Å². The van der Waals surface area contributed by atoms with Crippen LogP contribution in [0.25, 0.3) is 11.1 Å². The predicted octanol–water partition coefficient (Wildman–Crippen LogP) is 3.84. The van der Waals surface area contributed by atoms with Crippen molar-refractivity contribution in [2.75, 3.05) is 0 Å². The number of hydrogen-bond donors (Lipinski definition) is 0. The van der Waals surface area contributed by atoms with Crippen molar-refractivity contribution in [1.82, 2.24) is 0 Å². The lowest BCUT2D eigenvalue weighted by Crippen LogP contribution is -1.76. The van der Waals surface area contributed by atoms with Crippen LogP contribution in [0.5, 0.6) is 0 Å². The summed E-state index contributed by atoms with van der Waals surface area (Å²) in [5.74, 6) is 0. The molecule has 2 aromatic carbocycles. The molecule has 14 heavy (non-hydrogen) atoms. The first-order chi connectivity index (χ1) is 6.90. The van der Waals surface area contributed by atoms with Crippen LogP contribution >= 0.6 is 21.2 Å². The zero-order chi connectivity index (χ0) is 9.80. The summed E-state index contributed by atoms with van der Waals surface area (Å²) in [6, 6.07) is 18.1. The molecule has 0 amide bonds. The van der Waals surface area contributed by atoms with Gasteiger partial charge in [-0.2, -0.15) is 0 Å². The summed E-state index contributed by atoms with van der Waals surface area (Å²) < 4.78 is 11.6. The lowest BCUT2D eigenvalue weighted by molar-refractivity contribution is 0.648. The van der Waals surface area contributed by atoms with Gasteiger partial charge < -0.3 is 0 Å². The van der Waals surface area contributed by atoms with Gasteiger partial charge in [-0.3, -0.25) is 3.07 Å². The highest BCUT2D eigenvalue weighted by molar-refractivity contribution is 14.1. The molecule has 0 heterocycles. The van der Waals surface area contributed by atoms with E-state index in [1.165, 1.54) is 11.1 Å². The predicted molar refractivity (Wildman–Crippen MR) is 65.3 cm³/mol. The van der Waals surface area contributed by atoms with Crippen molar-refractivity contribution < 1.29 is 3.07 Å². The third-order valence-electron chi connectivity index (χ3n) is 2.04. The van der Waals surface area contributed by atoms with E-state index in [9.17, 15) is 3.07 Å². The van der Waals surface area contributed by atoms with Crippen molar-refractivity contribution in [2.24, 2.45) is 0 Å². The monoisotopic (exact) mass is 296 g/mol. The van der Waals surface area contributed by atoms with Crippen molar-refractivity contribution in [2.45, 2.75) is 0 Å². The van der Waals surface area contributed by atoms with Gasteiger partial charge >= 0.3 is 0 Å². The van der Waals surface area contributed by atoms with Gasteiger partial charge in [0.25, 0.3) is 0 Å². The lowest BCUT2D eigenvalue weighted by atomic mass is 10.1. The Morgan fingerprint density at radius 1 is 0.714 bits per heavy atom. The van der Waals surface area contributed by atoms with Crippen LogP contribution in [-0.2, 0) is 3.07 Å². The maximum absolute atomic E-state index is 10.7. The quantitative estimate of drug-likeness (QED) is 0.770. The van der Waals surface area contributed by atoms with Gasteiger partial charge in [0.2, 0.25) is 0 Å². The maximum atomic E-state index is 10.7. The fraction of sp³-hybridized carbons (Fsp3) is 0. The van der Waals surface area contributed by atoms with Crippen LogP contribution in [0, 0.1) is 3.57 Å². The van der Waals surface area contributed by atoms with Gasteiger partial charge in [-0.05, 0) is 23.3 Å². The topological polar surface area (TPSA) is 17.1 Å². The summed E-state index contributed by atoms with van der Waals surface area (Å²) in [5.41, 5.74) is 2.37. The van der Waals surface area contributed by atoms with Crippen LogP contribution in [0.1, 0.15) is 0 Å². The van der Waals surface area contributed by atoms with E-state index in [0.717, 1.165) is 3.57 Å². The second-order valence-electron chi connectivity index (χ2n) is 2.95. The SMILES string of the molecule is O=Ic1ccc(-c2ccccc2)cc1. The Bertz CT molecular complexity index is 420. The van der Waals surface area contributed by atoms with Gasteiger partial charge in [0, 0.05) is 3.57 Å². The minimum Gasteiger partial charge on any atom is -0.265 e. The number of hydrogen-bond acceptors (Lipinski definition) is 1. The van der Waals surface area contributed by atoms with E-state index >= 15 is 0 Å². The molecule has 2 aromatic rings. The molecule has 0 N–H and O–H groups in total. The molecule has 0 aromatic heterocycles. The van der Waals surface area contributed by atoms with Crippen LogP contribution < -0.4 is 0 Å². The lowest BCUT2D eigenvalue weighted by Gasteiger charge is -2.00. The second kappa shape index (κ2) is 4.46. The minimum atomic E-state index is -1.02. The van der Waals surface area contributed by atoms with E-state index < -0.39 is 21.2 Å².